The van der Waals surface area contributed by atoms with Crippen molar-refractivity contribution in [2.45, 2.75) is 13.0 Å². The third-order valence-electron chi connectivity index (χ3n) is 4.29. The van der Waals surface area contributed by atoms with Gasteiger partial charge in [0, 0.05) is 20.6 Å². The van der Waals surface area contributed by atoms with E-state index in [-0.39, 0.29) is 13.2 Å². The van der Waals surface area contributed by atoms with Gasteiger partial charge < -0.3 is 14.0 Å². The Morgan fingerprint density at radius 2 is 1.93 bits per heavy atom. The van der Waals surface area contributed by atoms with E-state index in [0.29, 0.717) is 28.9 Å². The molecule has 0 saturated heterocycles. The van der Waals surface area contributed by atoms with E-state index in [4.69, 9.17) is 9.47 Å². The second kappa shape index (κ2) is 7.48. The number of methoxy groups -OCH3 is 1. The summed E-state index contributed by atoms with van der Waals surface area (Å²) in [5.41, 5.74) is 0.144. The molecule has 27 heavy (non-hydrogen) atoms. The van der Waals surface area contributed by atoms with E-state index in [9.17, 15) is 14.4 Å². The fourth-order valence-electron chi connectivity index (χ4n) is 2.87. The Kier molecular flexibility index (Phi) is 5.11. The maximum atomic E-state index is 12.6. The summed E-state index contributed by atoms with van der Waals surface area (Å²) in [4.78, 5) is 41.2. The molecule has 2 heterocycles. The lowest BCUT2D eigenvalue weighted by atomic mass is 10.2. The molecule has 9 heteroatoms. The number of rotatable bonds is 6. The molecule has 142 valence electrons. The van der Waals surface area contributed by atoms with Crippen molar-refractivity contribution < 1.29 is 14.3 Å². The lowest BCUT2D eigenvalue weighted by Crippen LogP contribution is -2.39. The van der Waals surface area contributed by atoms with Gasteiger partial charge in [-0.05, 0) is 18.6 Å². The van der Waals surface area contributed by atoms with Gasteiger partial charge in [0.1, 0.15) is 11.3 Å². The second-order valence-electron chi connectivity index (χ2n) is 6.02. The van der Waals surface area contributed by atoms with Crippen LogP contribution in [0.5, 0.6) is 5.75 Å². The highest BCUT2D eigenvalue weighted by Gasteiger charge is 2.16. The van der Waals surface area contributed by atoms with Crippen molar-refractivity contribution in [1.29, 1.82) is 0 Å². The molecule has 0 aliphatic heterocycles. The monoisotopic (exact) mass is 372 g/mol. The number of esters is 1. The molecule has 0 aliphatic carbocycles. The van der Waals surface area contributed by atoms with Gasteiger partial charge in [-0.25, -0.2) is 14.6 Å². The molecule has 0 spiro atoms. The number of hydrogen-bond donors (Lipinski definition) is 0. The number of hydrogen-bond acceptors (Lipinski definition) is 6. The van der Waals surface area contributed by atoms with Gasteiger partial charge >= 0.3 is 11.7 Å². The van der Waals surface area contributed by atoms with Crippen LogP contribution >= 0.6 is 0 Å². The summed E-state index contributed by atoms with van der Waals surface area (Å²) in [7, 11) is 4.73. The number of imidazole rings is 1. The van der Waals surface area contributed by atoms with E-state index in [1.54, 1.807) is 42.9 Å². The number of fused-ring (bicyclic) bond motifs is 1. The van der Waals surface area contributed by atoms with E-state index < -0.39 is 17.2 Å². The van der Waals surface area contributed by atoms with Crippen LogP contribution in [-0.2, 0) is 25.4 Å². The standard InChI is InChI=1S/C18H20N4O5/c1-20-11-19-15-14(20)16(23)22(18(25)21(15)2)9-6-10-27-17(24)12-7-4-5-8-13(12)26-3/h4-5,7-8,11H,6,9-10H2,1-3H3. The summed E-state index contributed by atoms with van der Waals surface area (Å²) in [5.74, 6) is -0.0935. The summed E-state index contributed by atoms with van der Waals surface area (Å²) in [5, 5.41) is 0. The average molecular weight is 372 g/mol. The molecule has 0 fully saturated rings. The van der Waals surface area contributed by atoms with Crippen LogP contribution in [-0.4, -0.2) is 38.4 Å². The van der Waals surface area contributed by atoms with Gasteiger partial charge in [-0.3, -0.25) is 13.9 Å². The lowest BCUT2D eigenvalue weighted by Gasteiger charge is -2.10. The Balaban J connectivity index is 1.71. The van der Waals surface area contributed by atoms with Gasteiger partial charge in [-0.15, -0.1) is 0 Å². The normalized spacial score (nSPS) is 10.9. The molecular formula is C18H20N4O5. The van der Waals surface area contributed by atoms with E-state index in [0.717, 1.165) is 4.57 Å². The molecule has 0 unspecified atom stereocenters. The van der Waals surface area contributed by atoms with Crippen molar-refractivity contribution in [3.05, 3.63) is 57.0 Å². The molecular weight excluding hydrogens is 352 g/mol. The largest absolute Gasteiger partial charge is 0.496 e. The van der Waals surface area contributed by atoms with Crippen LogP contribution in [0.3, 0.4) is 0 Å². The first-order valence-corrected chi connectivity index (χ1v) is 8.36. The maximum absolute atomic E-state index is 12.6. The SMILES string of the molecule is COc1ccccc1C(=O)OCCCn1c(=O)c2c(ncn2C)n(C)c1=O. The van der Waals surface area contributed by atoms with Gasteiger partial charge in [-0.2, -0.15) is 0 Å². The van der Waals surface area contributed by atoms with E-state index in [1.807, 2.05) is 0 Å². The molecule has 2 aromatic heterocycles. The molecule has 0 radical (unpaired) electrons. The topological polar surface area (TPSA) is 97.3 Å². The number of ether oxygens (including phenoxy) is 2. The minimum atomic E-state index is -0.519. The first kappa shape index (κ1) is 18.4. The molecule has 0 N–H and O–H groups in total. The van der Waals surface area contributed by atoms with Gasteiger partial charge in [-0.1, -0.05) is 12.1 Å². The van der Waals surface area contributed by atoms with Crippen molar-refractivity contribution >= 4 is 17.1 Å². The van der Waals surface area contributed by atoms with E-state index >= 15 is 0 Å². The van der Waals surface area contributed by atoms with Crippen LogP contribution in [0.4, 0.5) is 0 Å². The Morgan fingerprint density at radius 3 is 2.67 bits per heavy atom. The molecule has 0 bridgehead atoms. The van der Waals surface area contributed by atoms with Crippen LogP contribution in [0.25, 0.3) is 11.2 Å². The van der Waals surface area contributed by atoms with Gasteiger partial charge in [0.2, 0.25) is 0 Å². The van der Waals surface area contributed by atoms with E-state index in [2.05, 4.69) is 4.98 Å². The highest BCUT2D eigenvalue weighted by atomic mass is 16.5. The number of para-hydroxylation sites is 1. The number of carbonyl (C=O) groups excluding carboxylic acids is 1. The first-order chi connectivity index (χ1) is 13.0. The van der Waals surface area contributed by atoms with Crippen LogP contribution < -0.4 is 16.0 Å². The molecule has 3 aromatic rings. The van der Waals surface area contributed by atoms with Gasteiger partial charge in [0.05, 0.1) is 20.0 Å². The highest BCUT2D eigenvalue weighted by Crippen LogP contribution is 2.18. The summed E-state index contributed by atoms with van der Waals surface area (Å²) < 4.78 is 14.4. The zero-order chi connectivity index (χ0) is 19.6. The van der Waals surface area contributed by atoms with Crippen LogP contribution in [0.2, 0.25) is 0 Å². The fraction of sp³-hybridized carbons (Fsp3) is 0.333. The molecule has 9 nitrogen and oxygen atoms in total. The maximum Gasteiger partial charge on any atom is 0.341 e. The Morgan fingerprint density at radius 1 is 1.19 bits per heavy atom. The highest BCUT2D eigenvalue weighted by molar-refractivity contribution is 5.92. The molecule has 3 rings (SSSR count). The predicted molar refractivity (Wildman–Crippen MR) is 98.1 cm³/mol. The minimum Gasteiger partial charge on any atom is -0.496 e. The number of nitrogens with zero attached hydrogens (tertiary/aromatic N) is 4. The predicted octanol–water partition coefficient (Wildman–Crippen LogP) is 0.689. The third-order valence-corrected chi connectivity index (χ3v) is 4.29. The lowest BCUT2D eigenvalue weighted by molar-refractivity contribution is 0.0491. The van der Waals surface area contributed by atoms with Crippen molar-refractivity contribution in [1.82, 2.24) is 18.7 Å². The molecule has 0 amide bonds. The zero-order valence-electron chi connectivity index (χ0n) is 15.3. The zero-order valence-corrected chi connectivity index (χ0v) is 15.3. The smallest absolute Gasteiger partial charge is 0.341 e. The summed E-state index contributed by atoms with van der Waals surface area (Å²) in [6, 6.07) is 6.75. The van der Waals surface area contributed by atoms with Crippen molar-refractivity contribution in [2.75, 3.05) is 13.7 Å². The number of aromatic nitrogens is 4. The Labute approximate surface area is 154 Å². The summed E-state index contributed by atoms with van der Waals surface area (Å²) in [6.07, 6.45) is 1.81. The van der Waals surface area contributed by atoms with Crippen LogP contribution in [0, 0.1) is 0 Å². The summed E-state index contributed by atoms with van der Waals surface area (Å²) >= 11 is 0. The first-order valence-electron chi connectivity index (χ1n) is 8.36. The van der Waals surface area contributed by atoms with Gasteiger partial charge in [0.25, 0.3) is 5.56 Å². The quantitative estimate of drug-likeness (QED) is 0.466. The molecule has 1 aromatic carbocycles. The number of benzene rings is 1. The number of aryl methyl sites for hydroxylation is 2. The summed E-state index contributed by atoms with van der Waals surface area (Å²) in [6.45, 7) is 0.196. The van der Waals surface area contributed by atoms with Gasteiger partial charge in [0.15, 0.2) is 11.2 Å². The van der Waals surface area contributed by atoms with Crippen molar-refractivity contribution in [3.8, 4) is 5.75 Å². The number of carbonyl (C=O) groups is 1. The molecule has 0 atom stereocenters. The minimum absolute atomic E-state index is 0.0654. The third kappa shape index (κ3) is 3.35. The Bertz CT molecular complexity index is 1110. The fourth-order valence-corrected chi connectivity index (χ4v) is 2.87. The molecule has 0 saturated carbocycles. The van der Waals surface area contributed by atoms with Crippen LogP contribution in [0.15, 0.2) is 40.2 Å². The second-order valence-corrected chi connectivity index (χ2v) is 6.02. The molecule has 0 aliphatic rings. The average Bonchev–Trinajstić information content (AvgIpc) is 3.07. The Hall–Kier alpha value is -3.36. The van der Waals surface area contributed by atoms with Crippen molar-refractivity contribution in [2.24, 2.45) is 14.1 Å². The van der Waals surface area contributed by atoms with Crippen molar-refractivity contribution in [3.63, 3.8) is 0 Å². The van der Waals surface area contributed by atoms with Crippen LogP contribution in [0.1, 0.15) is 16.8 Å². The van der Waals surface area contributed by atoms with E-state index in [1.165, 1.54) is 18.0 Å².